The number of carbonyl (C=O) groups is 2. The second-order valence-corrected chi connectivity index (χ2v) is 5.28. The molecule has 0 aliphatic carbocycles. The lowest BCUT2D eigenvalue weighted by Gasteiger charge is -2.33. The molecule has 0 saturated carbocycles. The summed E-state index contributed by atoms with van der Waals surface area (Å²) in [6, 6.07) is 4.38. The molecule has 0 saturated heterocycles. The Balaban J connectivity index is 2.54. The predicted molar refractivity (Wildman–Crippen MR) is 87.9 cm³/mol. The van der Waals surface area contributed by atoms with Gasteiger partial charge >= 0.3 is 12.0 Å². The van der Waals surface area contributed by atoms with Gasteiger partial charge in [-0.15, -0.1) is 0 Å². The average molecular weight is 334 g/mol. The maximum atomic E-state index is 12.2. The van der Waals surface area contributed by atoms with Crippen LogP contribution in [0.5, 0.6) is 11.5 Å². The van der Waals surface area contributed by atoms with Crippen LogP contribution in [-0.2, 0) is 9.53 Å². The van der Waals surface area contributed by atoms with Gasteiger partial charge in [-0.25, -0.2) is 9.59 Å². The Hall–Kier alpha value is -2.70. The quantitative estimate of drug-likeness (QED) is 0.836. The summed E-state index contributed by atoms with van der Waals surface area (Å²) in [4.78, 5) is 25.8. The van der Waals surface area contributed by atoms with Crippen LogP contribution in [-0.4, -0.2) is 44.8 Å². The van der Waals surface area contributed by atoms with Gasteiger partial charge in [-0.05, 0) is 31.5 Å². The van der Waals surface area contributed by atoms with Gasteiger partial charge in [-0.1, -0.05) is 6.07 Å². The molecule has 1 aliphatic heterocycles. The van der Waals surface area contributed by atoms with Gasteiger partial charge in [0.1, 0.15) is 0 Å². The minimum absolute atomic E-state index is 0.293. The number of esters is 1. The van der Waals surface area contributed by atoms with Crippen LogP contribution in [0.2, 0.25) is 0 Å². The van der Waals surface area contributed by atoms with Crippen LogP contribution in [0.15, 0.2) is 29.5 Å². The minimum atomic E-state index is -0.619. The van der Waals surface area contributed by atoms with Crippen molar-refractivity contribution in [1.29, 1.82) is 0 Å². The molecule has 0 bridgehead atoms. The van der Waals surface area contributed by atoms with Crippen LogP contribution in [0.25, 0.3) is 0 Å². The summed E-state index contributed by atoms with van der Waals surface area (Å²) >= 11 is 0. The number of amides is 2. The van der Waals surface area contributed by atoms with Gasteiger partial charge in [-0.3, -0.25) is 0 Å². The Kier molecular flexibility index (Phi) is 5.33. The molecule has 0 radical (unpaired) electrons. The van der Waals surface area contributed by atoms with Gasteiger partial charge in [0.25, 0.3) is 0 Å². The molecule has 0 spiro atoms. The van der Waals surface area contributed by atoms with E-state index in [-0.39, 0.29) is 6.03 Å². The highest BCUT2D eigenvalue weighted by atomic mass is 16.5. The molecular formula is C17H22N2O5. The smallest absolute Gasteiger partial charge is 0.337 e. The number of allylic oxidation sites excluding steroid dienone is 1. The van der Waals surface area contributed by atoms with Crippen molar-refractivity contribution in [2.45, 2.75) is 19.9 Å². The van der Waals surface area contributed by atoms with Crippen molar-refractivity contribution in [3.8, 4) is 11.5 Å². The first-order valence-electron chi connectivity index (χ1n) is 7.58. The number of hydrogen-bond donors (Lipinski definition) is 1. The number of urea groups is 1. The number of carbonyl (C=O) groups excluding carboxylic acids is 2. The predicted octanol–water partition coefficient (Wildman–Crippen LogP) is 2.24. The zero-order valence-corrected chi connectivity index (χ0v) is 14.5. The largest absolute Gasteiger partial charge is 0.493 e. The number of nitrogens with one attached hydrogen (secondary N) is 1. The third-order valence-corrected chi connectivity index (χ3v) is 3.98. The van der Waals surface area contributed by atoms with E-state index in [1.165, 1.54) is 12.0 Å². The Morgan fingerprint density at radius 1 is 1.29 bits per heavy atom. The summed E-state index contributed by atoms with van der Waals surface area (Å²) in [6.45, 7) is 4.05. The monoisotopic (exact) mass is 334 g/mol. The van der Waals surface area contributed by atoms with Crippen LogP contribution < -0.4 is 14.8 Å². The van der Waals surface area contributed by atoms with Gasteiger partial charge in [0.15, 0.2) is 11.5 Å². The number of methoxy groups -OCH3 is 2. The average Bonchev–Trinajstić information content (AvgIpc) is 2.59. The van der Waals surface area contributed by atoms with E-state index < -0.39 is 12.0 Å². The molecule has 1 heterocycles. The summed E-state index contributed by atoms with van der Waals surface area (Å²) in [5.74, 6) is 0.644. The van der Waals surface area contributed by atoms with E-state index in [1.54, 1.807) is 39.3 Å². The highest BCUT2D eigenvalue weighted by Gasteiger charge is 2.35. The summed E-state index contributed by atoms with van der Waals surface area (Å²) in [7, 11) is 4.47. The molecule has 24 heavy (non-hydrogen) atoms. The van der Waals surface area contributed by atoms with Crippen LogP contribution in [0.1, 0.15) is 25.5 Å². The van der Waals surface area contributed by atoms with Crippen LogP contribution in [0, 0.1) is 0 Å². The highest BCUT2D eigenvalue weighted by molar-refractivity contribution is 5.94. The lowest BCUT2D eigenvalue weighted by atomic mass is 9.94. The van der Waals surface area contributed by atoms with Crippen LogP contribution in [0.4, 0.5) is 4.79 Å². The summed E-state index contributed by atoms with van der Waals surface area (Å²) < 4.78 is 15.7. The Bertz CT molecular complexity index is 684. The summed E-state index contributed by atoms with van der Waals surface area (Å²) in [5.41, 5.74) is 1.64. The molecular weight excluding hydrogens is 312 g/mol. The zero-order chi connectivity index (χ0) is 17.9. The molecule has 1 aromatic rings. The minimum Gasteiger partial charge on any atom is -0.493 e. The van der Waals surface area contributed by atoms with Gasteiger partial charge in [0.05, 0.1) is 32.4 Å². The number of nitrogens with zero attached hydrogens (tertiary/aromatic N) is 1. The fourth-order valence-corrected chi connectivity index (χ4v) is 2.60. The third-order valence-electron chi connectivity index (χ3n) is 3.98. The maximum absolute atomic E-state index is 12.2. The van der Waals surface area contributed by atoms with Crippen molar-refractivity contribution in [1.82, 2.24) is 10.2 Å². The zero-order valence-electron chi connectivity index (χ0n) is 14.5. The van der Waals surface area contributed by atoms with Crippen molar-refractivity contribution in [3.05, 3.63) is 35.0 Å². The van der Waals surface area contributed by atoms with Gasteiger partial charge in [0, 0.05) is 12.7 Å². The lowest BCUT2D eigenvalue weighted by Crippen LogP contribution is -2.46. The normalized spacial score (nSPS) is 17.5. The molecule has 2 amide bonds. The SMILES string of the molecule is CCOc1cc([C@H]2NC(=O)N(C)C(C)=C2C(=O)OC)ccc1OC. The summed E-state index contributed by atoms with van der Waals surface area (Å²) in [6.07, 6.45) is 0. The molecule has 0 unspecified atom stereocenters. The van der Waals surface area contributed by atoms with Crippen molar-refractivity contribution in [2.24, 2.45) is 0 Å². The Labute approximate surface area is 141 Å². The number of rotatable bonds is 5. The van der Waals surface area contributed by atoms with E-state index >= 15 is 0 Å². The first-order valence-corrected chi connectivity index (χ1v) is 7.58. The van der Waals surface area contributed by atoms with Crippen molar-refractivity contribution in [2.75, 3.05) is 27.9 Å². The molecule has 0 aromatic heterocycles. The topological polar surface area (TPSA) is 77.1 Å². The molecule has 130 valence electrons. The molecule has 0 fully saturated rings. The summed E-state index contributed by atoms with van der Waals surface area (Å²) in [5, 5.41) is 2.82. The van der Waals surface area contributed by atoms with Crippen LogP contribution >= 0.6 is 0 Å². The molecule has 7 nitrogen and oxygen atoms in total. The van der Waals surface area contributed by atoms with Gasteiger partial charge < -0.3 is 24.4 Å². The Morgan fingerprint density at radius 3 is 2.58 bits per heavy atom. The molecule has 7 heteroatoms. The fourth-order valence-electron chi connectivity index (χ4n) is 2.60. The second-order valence-electron chi connectivity index (χ2n) is 5.28. The van der Waals surface area contributed by atoms with Crippen molar-refractivity contribution >= 4 is 12.0 Å². The lowest BCUT2D eigenvalue weighted by molar-refractivity contribution is -0.136. The number of hydrogen-bond acceptors (Lipinski definition) is 5. The molecule has 1 aliphatic rings. The number of benzene rings is 1. The standard InChI is InChI=1S/C17H22N2O5/c1-6-24-13-9-11(7-8-12(13)22-4)15-14(16(20)23-5)10(2)19(3)17(21)18-15/h7-9,15H,6H2,1-5H3,(H,18,21)/t15-/m1/s1. The second kappa shape index (κ2) is 7.25. The molecule has 1 atom stereocenters. The van der Waals surface area contributed by atoms with Gasteiger partial charge in [0.2, 0.25) is 0 Å². The third kappa shape index (κ3) is 3.15. The van der Waals surface area contributed by atoms with E-state index in [1.807, 2.05) is 6.92 Å². The highest BCUT2D eigenvalue weighted by Crippen LogP contribution is 2.35. The maximum Gasteiger partial charge on any atom is 0.337 e. The van der Waals surface area contributed by atoms with E-state index in [0.29, 0.717) is 34.9 Å². The van der Waals surface area contributed by atoms with Crippen molar-refractivity contribution in [3.63, 3.8) is 0 Å². The van der Waals surface area contributed by atoms with E-state index in [2.05, 4.69) is 5.32 Å². The fraction of sp³-hybridized carbons (Fsp3) is 0.412. The van der Waals surface area contributed by atoms with Gasteiger partial charge in [-0.2, -0.15) is 0 Å². The molecule has 1 N–H and O–H groups in total. The van der Waals surface area contributed by atoms with E-state index in [4.69, 9.17) is 14.2 Å². The van der Waals surface area contributed by atoms with Crippen LogP contribution in [0.3, 0.4) is 0 Å². The van der Waals surface area contributed by atoms with E-state index in [0.717, 1.165) is 0 Å². The van der Waals surface area contributed by atoms with E-state index in [9.17, 15) is 9.59 Å². The first-order chi connectivity index (χ1) is 11.4. The van der Waals surface area contributed by atoms with Crippen molar-refractivity contribution < 1.29 is 23.8 Å². The molecule has 2 rings (SSSR count). The first kappa shape index (κ1) is 17.7. The Morgan fingerprint density at radius 2 is 2.00 bits per heavy atom. The molecule has 1 aromatic carbocycles. The number of ether oxygens (including phenoxy) is 3.